The zero-order valence-corrected chi connectivity index (χ0v) is 13.3. The summed E-state index contributed by atoms with van der Waals surface area (Å²) < 4.78 is 0. The number of amides is 1. The molecule has 0 aliphatic carbocycles. The highest BCUT2D eigenvalue weighted by molar-refractivity contribution is 5.76. The lowest BCUT2D eigenvalue weighted by Crippen LogP contribution is -2.23. The zero-order chi connectivity index (χ0) is 15.9. The molecule has 0 aliphatic heterocycles. The molecular formula is C19H24N2O. The number of benzene rings is 2. The van der Waals surface area contributed by atoms with Crippen molar-refractivity contribution in [3.05, 3.63) is 65.2 Å². The molecule has 0 radical (unpaired) electrons. The maximum atomic E-state index is 11.9. The van der Waals surface area contributed by atoms with Crippen molar-refractivity contribution in [1.29, 1.82) is 0 Å². The largest absolute Gasteiger partial charge is 0.399 e. The highest BCUT2D eigenvalue weighted by Crippen LogP contribution is 2.15. The number of rotatable bonds is 6. The molecule has 0 saturated heterocycles. The topological polar surface area (TPSA) is 55.1 Å². The number of nitrogen functional groups attached to an aromatic ring is 1. The van der Waals surface area contributed by atoms with Crippen molar-refractivity contribution in [3.8, 4) is 0 Å². The Labute approximate surface area is 132 Å². The molecule has 0 bridgehead atoms. The van der Waals surface area contributed by atoms with Crippen LogP contribution < -0.4 is 11.1 Å². The van der Waals surface area contributed by atoms with Crippen LogP contribution in [-0.4, -0.2) is 5.91 Å². The summed E-state index contributed by atoms with van der Waals surface area (Å²) in [5.41, 5.74) is 10.1. The van der Waals surface area contributed by atoms with Gasteiger partial charge in [0.25, 0.3) is 0 Å². The van der Waals surface area contributed by atoms with E-state index in [2.05, 4.69) is 43.4 Å². The molecule has 2 aromatic carbocycles. The van der Waals surface area contributed by atoms with Gasteiger partial charge >= 0.3 is 0 Å². The van der Waals surface area contributed by atoms with Crippen LogP contribution in [0.5, 0.6) is 0 Å². The molecule has 0 fully saturated rings. The number of hydrogen-bond donors (Lipinski definition) is 2. The third-order valence-corrected chi connectivity index (χ3v) is 3.81. The Hall–Kier alpha value is -2.29. The van der Waals surface area contributed by atoms with Crippen molar-refractivity contribution in [2.24, 2.45) is 0 Å². The quantitative estimate of drug-likeness (QED) is 0.800. The van der Waals surface area contributed by atoms with E-state index in [0.29, 0.717) is 25.3 Å². The molecule has 0 aromatic heterocycles. The van der Waals surface area contributed by atoms with E-state index in [-0.39, 0.29) is 5.91 Å². The second kappa shape index (κ2) is 7.64. The van der Waals surface area contributed by atoms with Crippen molar-refractivity contribution < 1.29 is 4.79 Å². The van der Waals surface area contributed by atoms with Gasteiger partial charge in [0, 0.05) is 18.7 Å². The first-order chi connectivity index (χ1) is 10.6. The van der Waals surface area contributed by atoms with Gasteiger partial charge in [0.05, 0.1) is 0 Å². The highest BCUT2D eigenvalue weighted by atomic mass is 16.1. The van der Waals surface area contributed by atoms with E-state index in [1.807, 2.05) is 24.3 Å². The van der Waals surface area contributed by atoms with Gasteiger partial charge in [0.2, 0.25) is 5.91 Å². The van der Waals surface area contributed by atoms with Crippen LogP contribution in [0.4, 0.5) is 5.69 Å². The minimum Gasteiger partial charge on any atom is -0.399 e. The second-order valence-electron chi connectivity index (χ2n) is 5.87. The number of anilines is 1. The third-order valence-electron chi connectivity index (χ3n) is 3.81. The van der Waals surface area contributed by atoms with Crippen molar-refractivity contribution >= 4 is 11.6 Å². The molecule has 0 atom stereocenters. The molecule has 0 heterocycles. The molecule has 3 heteroatoms. The smallest absolute Gasteiger partial charge is 0.220 e. The molecular weight excluding hydrogens is 272 g/mol. The Bertz CT molecular complexity index is 618. The summed E-state index contributed by atoms with van der Waals surface area (Å²) in [6.07, 6.45) is 1.13. The van der Waals surface area contributed by atoms with Gasteiger partial charge in [-0.2, -0.15) is 0 Å². The number of aryl methyl sites for hydroxylation is 1. The Kier molecular flexibility index (Phi) is 5.59. The lowest BCUT2D eigenvalue weighted by Gasteiger charge is -2.09. The van der Waals surface area contributed by atoms with E-state index < -0.39 is 0 Å². The van der Waals surface area contributed by atoms with Crippen molar-refractivity contribution in [1.82, 2.24) is 5.32 Å². The molecule has 2 aromatic rings. The van der Waals surface area contributed by atoms with Gasteiger partial charge < -0.3 is 11.1 Å². The lowest BCUT2D eigenvalue weighted by molar-refractivity contribution is -0.121. The van der Waals surface area contributed by atoms with Gasteiger partial charge in [-0.05, 0) is 35.1 Å². The Morgan fingerprint density at radius 2 is 1.77 bits per heavy atom. The summed E-state index contributed by atoms with van der Waals surface area (Å²) in [5.74, 6) is 0.580. The monoisotopic (exact) mass is 296 g/mol. The summed E-state index contributed by atoms with van der Waals surface area (Å²) in [5, 5.41) is 2.96. The number of nitrogens with one attached hydrogen (secondary N) is 1. The Morgan fingerprint density at radius 1 is 1.09 bits per heavy atom. The first-order valence-electron chi connectivity index (χ1n) is 7.75. The van der Waals surface area contributed by atoms with Gasteiger partial charge in [0.15, 0.2) is 0 Å². The van der Waals surface area contributed by atoms with Crippen LogP contribution in [0.1, 0.15) is 42.9 Å². The molecule has 0 spiro atoms. The van der Waals surface area contributed by atoms with E-state index in [4.69, 9.17) is 5.73 Å². The maximum absolute atomic E-state index is 11.9. The summed E-state index contributed by atoms with van der Waals surface area (Å²) in [6.45, 7) is 4.92. The average molecular weight is 296 g/mol. The predicted octanol–water partition coefficient (Wildman–Crippen LogP) is 3.64. The number of nitrogens with two attached hydrogens (primary N) is 1. The summed E-state index contributed by atoms with van der Waals surface area (Å²) >= 11 is 0. The molecule has 2 rings (SSSR count). The number of para-hydroxylation sites is 1. The van der Waals surface area contributed by atoms with Gasteiger partial charge in [-0.25, -0.2) is 0 Å². The van der Waals surface area contributed by atoms with E-state index >= 15 is 0 Å². The molecule has 116 valence electrons. The van der Waals surface area contributed by atoms with Crippen LogP contribution in [0.15, 0.2) is 48.5 Å². The average Bonchev–Trinajstić information content (AvgIpc) is 2.52. The molecule has 0 saturated carbocycles. The van der Waals surface area contributed by atoms with Crippen LogP contribution in [0.25, 0.3) is 0 Å². The molecule has 22 heavy (non-hydrogen) atoms. The summed E-state index contributed by atoms with van der Waals surface area (Å²) in [7, 11) is 0. The predicted molar refractivity (Wildman–Crippen MR) is 91.6 cm³/mol. The fourth-order valence-corrected chi connectivity index (χ4v) is 2.32. The van der Waals surface area contributed by atoms with Gasteiger partial charge in [0.1, 0.15) is 0 Å². The maximum Gasteiger partial charge on any atom is 0.220 e. The van der Waals surface area contributed by atoms with E-state index in [1.165, 1.54) is 5.56 Å². The van der Waals surface area contributed by atoms with E-state index in [9.17, 15) is 4.79 Å². The number of carbonyl (C=O) groups is 1. The highest BCUT2D eigenvalue weighted by Gasteiger charge is 2.05. The standard InChI is InChI=1S/C19H24N2O/c1-14(2)16-9-7-15(8-10-16)13-21-19(22)12-11-17-5-3-4-6-18(17)20/h3-10,14H,11-13,20H2,1-2H3,(H,21,22). The van der Waals surface area contributed by atoms with Crippen LogP contribution >= 0.6 is 0 Å². The molecule has 0 unspecified atom stereocenters. The minimum absolute atomic E-state index is 0.0520. The first-order valence-corrected chi connectivity index (χ1v) is 7.75. The van der Waals surface area contributed by atoms with E-state index in [0.717, 1.165) is 16.8 Å². The van der Waals surface area contributed by atoms with Gasteiger partial charge in [-0.1, -0.05) is 56.3 Å². The van der Waals surface area contributed by atoms with E-state index in [1.54, 1.807) is 0 Å². The summed E-state index contributed by atoms with van der Waals surface area (Å²) in [6, 6.07) is 16.1. The molecule has 1 amide bonds. The van der Waals surface area contributed by atoms with Crippen molar-refractivity contribution in [2.75, 3.05) is 5.73 Å². The van der Waals surface area contributed by atoms with Crippen LogP contribution in [-0.2, 0) is 17.8 Å². The fraction of sp³-hybridized carbons (Fsp3) is 0.316. The van der Waals surface area contributed by atoms with Gasteiger partial charge in [-0.15, -0.1) is 0 Å². The second-order valence-corrected chi connectivity index (χ2v) is 5.87. The van der Waals surface area contributed by atoms with Crippen molar-refractivity contribution in [3.63, 3.8) is 0 Å². The fourth-order valence-electron chi connectivity index (χ4n) is 2.32. The number of hydrogen-bond acceptors (Lipinski definition) is 2. The molecule has 3 nitrogen and oxygen atoms in total. The molecule has 0 aliphatic rings. The Morgan fingerprint density at radius 3 is 2.41 bits per heavy atom. The van der Waals surface area contributed by atoms with Crippen LogP contribution in [0.3, 0.4) is 0 Å². The summed E-state index contributed by atoms with van der Waals surface area (Å²) in [4.78, 5) is 11.9. The SMILES string of the molecule is CC(C)c1ccc(CNC(=O)CCc2ccccc2N)cc1. The third kappa shape index (κ3) is 4.62. The molecule has 3 N–H and O–H groups in total. The first kappa shape index (κ1) is 16.1. The van der Waals surface area contributed by atoms with Crippen LogP contribution in [0, 0.1) is 0 Å². The minimum atomic E-state index is 0.0520. The van der Waals surface area contributed by atoms with Crippen molar-refractivity contribution in [2.45, 2.75) is 39.2 Å². The van der Waals surface area contributed by atoms with Gasteiger partial charge in [-0.3, -0.25) is 4.79 Å². The zero-order valence-electron chi connectivity index (χ0n) is 13.3. The number of carbonyl (C=O) groups excluding carboxylic acids is 1. The Balaban J connectivity index is 1.79. The normalized spacial score (nSPS) is 10.7. The lowest BCUT2D eigenvalue weighted by atomic mass is 10.0. The van der Waals surface area contributed by atoms with Crippen LogP contribution in [0.2, 0.25) is 0 Å².